The van der Waals surface area contributed by atoms with E-state index in [9.17, 15) is 57.8 Å². The van der Waals surface area contributed by atoms with E-state index in [0.717, 1.165) is 0 Å². The van der Waals surface area contributed by atoms with Crippen LogP contribution < -0.4 is 65.1 Å². The first kappa shape index (κ1) is 64.1. The summed E-state index contributed by atoms with van der Waals surface area (Å²) in [6, 6.07) is -2.32. The Labute approximate surface area is 439 Å². The number of amides is 9. The Balaban J connectivity index is 2.39. The lowest BCUT2D eigenvalue weighted by Gasteiger charge is -2.27. The van der Waals surface area contributed by atoms with Gasteiger partial charge in [-0.1, -0.05) is 58.0 Å². The Kier molecular flexibility index (Phi) is 28.5. The number of nitrogens with zero attached hydrogens (tertiary/aromatic N) is 2. The number of rotatable bonds is 35. The Bertz CT molecular complexity index is 2280. The number of imidazole rings is 1. The van der Waals surface area contributed by atoms with E-state index in [4.69, 9.17) is 22.3 Å². The molecular weight excluding hydrogens is 995 g/mol. The van der Waals surface area contributed by atoms with Crippen molar-refractivity contribution < 1.29 is 63.0 Å². The van der Waals surface area contributed by atoms with Crippen molar-refractivity contribution in [2.24, 2.45) is 34.0 Å². The molecule has 1 aromatic carbocycles. The average Bonchev–Trinajstić information content (AvgIpc) is 3.88. The molecule has 0 aliphatic heterocycles. The van der Waals surface area contributed by atoms with Crippen LogP contribution in [0.1, 0.15) is 84.4 Å². The molecule has 0 saturated heterocycles. The summed E-state index contributed by atoms with van der Waals surface area (Å²) in [6.07, 6.45) is 2.49. The molecule has 18 N–H and O–H groups in total. The Morgan fingerprint density at radius 2 is 1.18 bits per heavy atom. The maximum Gasteiger partial charge on any atom is 0.303 e. The minimum atomic E-state index is -1.55. The summed E-state index contributed by atoms with van der Waals surface area (Å²) >= 11 is 0. The minimum absolute atomic E-state index is 0.0358. The molecule has 0 aliphatic carbocycles. The number of nitrogens with two attached hydrogens (primary N) is 3. The average molecular weight is 1070 g/mol. The quantitative estimate of drug-likeness (QED) is 0.0134. The molecule has 0 spiro atoms. The largest absolute Gasteiger partial charge is 0.481 e. The van der Waals surface area contributed by atoms with Gasteiger partial charge >= 0.3 is 5.97 Å². The van der Waals surface area contributed by atoms with Gasteiger partial charge in [-0.15, -0.1) is 0 Å². The predicted molar refractivity (Wildman–Crippen MR) is 274 cm³/mol. The SMILES string of the molecule is CC(C)C[C@H](NC(=O)[C@H](Cc1ccccc1)NC(=O)[C@H](C)NC(=O)[C@H](Cc1cnc[nH]1)NC(=O)[C@H](CCCN=C(N)N)NC(=O)[C@H](CC(C)C)NC(=O)[C@@H](N)CCC(=O)O)C(=O)N[C@@H](CO)C(=O)NCC(=O)NCC=O. The van der Waals surface area contributed by atoms with Gasteiger partial charge in [-0.25, -0.2) is 4.98 Å². The van der Waals surface area contributed by atoms with Crippen molar-refractivity contribution in [1.29, 1.82) is 0 Å². The van der Waals surface area contributed by atoms with E-state index in [2.05, 4.69) is 62.8 Å². The summed E-state index contributed by atoms with van der Waals surface area (Å²) in [6.45, 7) is 6.73. The number of aromatic nitrogens is 2. The molecular formula is C48H75N15O13. The lowest BCUT2D eigenvalue weighted by molar-refractivity contribution is -0.137. The van der Waals surface area contributed by atoms with Gasteiger partial charge in [0.05, 0.1) is 32.1 Å². The van der Waals surface area contributed by atoms with Crippen molar-refractivity contribution in [3.05, 3.63) is 54.1 Å². The molecule has 0 saturated carbocycles. The van der Waals surface area contributed by atoms with Crippen LogP contribution in [-0.2, 0) is 65.6 Å². The fourth-order valence-electron chi connectivity index (χ4n) is 7.22. The summed E-state index contributed by atoms with van der Waals surface area (Å²) in [5, 5.41) is 41.5. The van der Waals surface area contributed by atoms with Crippen LogP contribution in [0.25, 0.3) is 0 Å². The van der Waals surface area contributed by atoms with Gasteiger partial charge < -0.3 is 85.0 Å². The van der Waals surface area contributed by atoms with E-state index in [1.54, 1.807) is 58.0 Å². The molecule has 420 valence electrons. The van der Waals surface area contributed by atoms with Crippen LogP contribution >= 0.6 is 0 Å². The summed E-state index contributed by atoms with van der Waals surface area (Å²) in [7, 11) is 0. The number of aliphatic carboxylic acids is 1. The summed E-state index contributed by atoms with van der Waals surface area (Å²) in [5.74, 6) is -9.25. The number of hydrogen-bond donors (Lipinski definition) is 15. The standard InChI is InChI=1S/C48H75N15O13/c1-26(2)18-33(60-41(70)31(49)13-14-39(67)68)45(74)58-32(12-9-15-54-48(50)51)43(72)62-36(21-30-22-52-25-56-30)44(73)57-28(5)40(69)59-35(20-29-10-7-6-8-11-29)47(76)61-34(19-27(3)4)46(75)63-37(24-65)42(71)55-23-38(66)53-16-17-64/h6-8,10-11,17,22,25-28,31-37,65H,9,12-16,18-21,23-24,49H2,1-5H3,(H,52,56)(H,53,66)(H,55,71)(H,57,73)(H,58,74)(H,59,69)(H,60,70)(H,61,76)(H,62,72)(H,63,75)(H,67,68)(H4,50,51,54)/t28-,31-,32-,33-,34-,35-,36-,37-/m0/s1. The first-order valence-electron chi connectivity index (χ1n) is 24.7. The fraction of sp³-hybridized carbons (Fsp3) is 0.562. The van der Waals surface area contributed by atoms with Gasteiger partial charge in [0.25, 0.3) is 0 Å². The van der Waals surface area contributed by atoms with Gasteiger partial charge in [-0.2, -0.15) is 0 Å². The second kappa shape index (κ2) is 33.7. The highest BCUT2D eigenvalue weighted by Gasteiger charge is 2.34. The highest BCUT2D eigenvalue weighted by atomic mass is 16.4. The first-order chi connectivity index (χ1) is 35.9. The Morgan fingerprint density at radius 1 is 0.658 bits per heavy atom. The zero-order valence-corrected chi connectivity index (χ0v) is 43.4. The van der Waals surface area contributed by atoms with E-state index in [0.29, 0.717) is 17.5 Å². The van der Waals surface area contributed by atoms with E-state index in [1.807, 2.05) is 0 Å². The van der Waals surface area contributed by atoms with E-state index < -0.39 is 127 Å². The molecule has 28 nitrogen and oxygen atoms in total. The van der Waals surface area contributed by atoms with Crippen LogP contribution in [0, 0.1) is 11.8 Å². The number of guanidine groups is 1. The lowest BCUT2D eigenvalue weighted by Crippen LogP contribution is -2.60. The normalized spacial score (nSPS) is 14.1. The van der Waals surface area contributed by atoms with Crippen molar-refractivity contribution in [3.63, 3.8) is 0 Å². The zero-order chi connectivity index (χ0) is 56.9. The third-order valence-corrected chi connectivity index (χ3v) is 11.2. The topological polar surface area (TPSA) is 456 Å². The smallest absolute Gasteiger partial charge is 0.303 e. The van der Waals surface area contributed by atoms with Crippen LogP contribution in [0.5, 0.6) is 0 Å². The molecule has 1 heterocycles. The summed E-state index contributed by atoms with van der Waals surface area (Å²) in [4.78, 5) is 154. The van der Waals surface area contributed by atoms with E-state index in [1.165, 1.54) is 19.4 Å². The molecule has 76 heavy (non-hydrogen) atoms. The number of H-pyrrole nitrogens is 1. The molecule has 2 rings (SSSR count). The maximum absolute atomic E-state index is 14.2. The third-order valence-electron chi connectivity index (χ3n) is 11.2. The van der Waals surface area contributed by atoms with Gasteiger partial charge in [0.2, 0.25) is 53.2 Å². The number of benzene rings is 1. The van der Waals surface area contributed by atoms with Gasteiger partial charge in [-0.3, -0.25) is 52.9 Å². The number of aliphatic hydroxyl groups excluding tert-OH is 1. The molecule has 0 fully saturated rings. The second-order valence-corrected chi connectivity index (χ2v) is 18.7. The lowest BCUT2D eigenvalue weighted by atomic mass is 10.0. The van der Waals surface area contributed by atoms with E-state index >= 15 is 0 Å². The molecule has 0 aliphatic rings. The third kappa shape index (κ3) is 24.8. The zero-order valence-electron chi connectivity index (χ0n) is 43.4. The van der Waals surface area contributed by atoms with Crippen LogP contribution in [0.3, 0.4) is 0 Å². The highest BCUT2D eigenvalue weighted by molar-refractivity contribution is 5.98. The highest BCUT2D eigenvalue weighted by Crippen LogP contribution is 2.12. The number of carboxylic acid groups (broad SMARTS) is 1. The van der Waals surface area contributed by atoms with Gasteiger partial charge in [-0.05, 0) is 56.4 Å². The van der Waals surface area contributed by atoms with Crippen LogP contribution in [0.4, 0.5) is 0 Å². The summed E-state index contributed by atoms with van der Waals surface area (Å²) in [5.41, 5.74) is 17.9. The molecule has 1 aromatic heterocycles. The molecule has 0 radical (unpaired) electrons. The van der Waals surface area contributed by atoms with Gasteiger partial charge in [0.15, 0.2) is 5.96 Å². The summed E-state index contributed by atoms with van der Waals surface area (Å²) < 4.78 is 0. The fourth-order valence-corrected chi connectivity index (χ4v) is 7.22. The molecule has 8 atom stereocenters. The number of aliphatic hydroxyl groups is 1. The number of carbonyl (C=O) groups is 11. The van der Waals surface area contributed by atoms with Crippen molar-refractivity contribution in [2.45, 2.75) is 134 Å². The number of aliphatic imine (C=N–C) groups is 1. The van der Waals surface area contributed by atoms with Crippen molar-refractivity contribution >= 4 is 71.4 Å². The van der Waals surface area contributed by atoms with E-state index in [-0.39, 0.29) is 75.8 Å². The molecule has 0 unspecified atom stereocenters. The molecule has 9 amide bonds. The number of carboxylic acids is 1. The molecule has 0 bridgehead atoms. The van der Waals surface area contributed by atoms with Crippen molar-refractivity contribution in [3.8, 4) is 0 Å². The second-order valence-electron chi connectivity index (χ2n) is 18.7. The molecule has 2 aromatic rings. The maximum atomic E-state index is 14.2. The van der Waals surface area contributed by atoms with Crippen LogP contribution in [0.15, 0.2) is 47.8 Å². The number of nitrogens with one attached hydrogen (secondary N) is 10. The first-order valence-corrected chi connectivity index (χ1v) is 24.7. The minimum Gasteiger partial charge on any atom is -0.481 e. The van der Waals surface area contributed by atoms with Crippen LogP contribution in [0.2, 0.25) is 0 Å². The van der Waals surface area contributed by atoms with Crippen LogP contribution in [-0.4, -0.2) is 166 Å². The molecule has 28 heteroatoms. The number of carbonyl (C=O) groups excluding carboxylic acids is 10. The van der Waals surface area contributed by atoms with Crippen molar-refractivity contribution in [1.82, 2.24) is 57.8 Å². The number of hydrogen-bond acceptors (Lipinski definition) is 15. The monoisotopic (exact) mass is 1070 g/mol. The predicted octanol–water partition coefficient (Wildman–Crippen LogP) is -4.63. The van der Waals surface area contributed by atoms with Crippen molar-refractivity contribution in [2.75, 3.05) is 26.2 Å². The number of aldehydes is 1. The Morgan fingerprint density at radius 3 is 1.74 bits per heavy atom. The van der Waals surface area contributed by atoms with Gasteiger partial charge in [0.1, 0.15) is 48.6 Å². The Hall–Kier alpha value is -8.01. The number of aromatic amines is 1. The van der Waals surface area contributed by atoms with Gasteiger partial charge in [0, 0.05) is 37.7 Å².